The molecule has 0 spiro atoms. The molecule has 1 N–H and O–H groups in total. The zero-order valence-electron chi connectivity index (χ0n) is 15.3. The highest BCUT2D eigenvalue weighted by molar-refractivity contribution is 9.10. The van der Waals surface area contributed by atoms with Crippen LogP contribution in [-0.2, 0) is 24.2 Å². The van der Waals surface area contributed by atoms with Gasteiger partial charge in [-0.15, -0.1) is 11.3 Å². The standard InChI is InChI=1S/C20H20BrN3O2S/c1-11-7-8-15(14(21)9-11)23-17(25)10-24-12(2)22-19-18(20(24)26)13-5-3-4-6-16(13)27-19/h7-9H,3-6,10H2,1-2H3,(H,23,25). The molecule has 0 unspecified atom stereocenters. The van der Waals surface area contributed by atoms with Crippen LogP contribution in [0.4, 0.5) is 5.69 Å². The van der Waals surface area contributed by atoms with Crippen molar-refractivity contribution in [2.24, 2.45) is 0 Å². The molecule has 2 aromatic heterocycles. The van der Waals surface area contributed by atoms with Gasteiger partial charge in [0.1, 0.15) is 17.2 Å². The summed E-state index contributed by atoms with van der Waals surface area (Å²) in [6.45, 7) is 3.73. The van der Waals surface area contributed by atoms with Crippen LogP contribution in [0.1, 0.15) is 34.7 Å². The van der Waals surface area contributed by atoms with E-state index in [0.29, 0.717) is 16.9 Å². The van der Waals surface area contributed by atoms with Gasteiger partial charge < -0.3 is 5.32 Å². The summed E-state index contributed by atoms with van der Waals surface area (Å²) in [7, 11) is 0. The number of carbonyl (C=O) groups excluding carboxylic acids is 1. The Morgan fingerprint density at radius 2 is 2.07 bits per heavy atom. The van der Waals surface area contributed by atoms with Crippen LogP contribution in [0.15, 0.2) is 27.5 Å². The molecule has 1 aromatic carbocycles. The van der Waals surface area contributed by atoms with Crippen molar-refractivity contribution >= 4 is 49.1 Å². The zero-order valence-corrected chi connectivity index (χ0v) is 17.7. The molecule has 5 nitrogen and oxygen atoms in total. The molecule has 27 heavy (non-hydrogen) atoms. The molecule has 1 amide bonds. The van der Waals surface area contributed by atoms with Crippen molar-refractivity contribution in [1.82, 2.24) is 9.55 Å². The average Bonchev–Trinajstić information content (AvgIpc) is 2.99. The van der Waals surface area contributed by atoms with E-state index < -0.39 is 0 Å². The lowest BCUT2D eigenvalue weighted by atomic mass is 9.97. The molecule has 4 rings (SSSR count). The number of benzene rings is 1. The molecule has 1 aliphatic carbocycles. The summed E-state index contributed by atoms with van der Waals surface area (Å²) in [5.74, 6) is 0.333. The third kappa shape index (κ3) is 3.46. The summed E-state index contributed by atoms with van der Waals surface area (Å²) >= 11 is 5.09. The molecule has 0 saturated carbocycles. The maximum Gasteiger partial charge on any atom is 0.263 e. The topological polar surface area (TPSA) is 64.0 Å². The van der Waals surface area contributed by atoms with Gasteiger partial charge in [0.25, 0.3) is 5.56 Å². The quantitative estimate of drug-likeness (QED) is 0.651. The van der Waals surface area contributed by atoms with Gasteiger partial charge in [-0.1, -0.05) is 6.07 Å². The van der Waals surface area contributed by atoms with E-state index in [1.165, 1.54) is 15.9 Å². The number of hydrogen-bond donors (Lipinski definition) is 1. The number of nitrogens with zero attached hydrogens (tertiary/aromatic N) is 2. The number of nitrogens with one attached hydrogen (secondary N) is 1. The smallest absolute Gasteiger partial charge is 0.263 e. The fraction of sp³-hybridized carbons (Fsp3) is 0.350. The Morgan fingerprint density at radius 3 is 2.85 bits per heavy atom. The summed E-state index contributed by atoms with van der Waals surface area (Å²) in [6.07, 6.45) is 4.23. The second-order valence-electron chi connectivity index (χ2n) is 6.97. The number of aromatic nitrogens is 2. The lowest BCUT2D eigenvalue weighted by molar-refractivity contribution is -0.116. The third-order valence-corrected chi connectivity index (χ3v) is 6.81. The number of hydrogen-bond acceptors (Lipinski definition) is 4. The van der Waals surface area contributed by atoms with E-state index in [2.05, 4.69) is 26.2 Å². The van der Waals surface area contributed by atoms with Crippen molar-refractivity contribution in [3.05, 3.63) is 54.9 Å². The molecule has 140 valence electrons. The highest BCUT2D eigenvalue weighted by atomic mass is 79.9. The number of amides is 1. The molecule has 1 aliphatic rings. The van der Waals surface area contributed by atoms with E-state index in [4.69, 9.17) is 0 Å². The van der Waals surface area contributed by atoms with Crippen molar-refractivity contribution in [2.75, 3.05) is 5.32 Å². The molecule has 2 heterocycles. The molecule has 0 radical (unpaired) electrons. The highest BCUT2D eigenvalue weighted by Crippen LogP contribution is 2.33. The third-order valence-electron chi connectivity index (χ3n) is 4.97. The van der Waals surface area contributed by atoms with Gasteiger partial charge >= 0.3 is 0 Å². The Morgan fingerprint density at radius 1 is 1.30 bits per heavy atom. The van der Waals surface area contributed by atoms with Crippen LogP contribution in [0.2, 0.25) is 0 Å². The van der Waals surface area contributed by atoms with Crippen molar-refractivity contribution in [3.63, 3.8) is 0 Å². The summed E-state index contributed by atoms with van der Waals surface area (Å²) in [5, 5.41) is 3.59. The monoisotopic (exact) mass is 445 g/mol. The largest absolute Gasteiger partial charge is 0.324 e. The first-order chi connectivity index (χ1) is 12.9. The Hall–Kier alpha value is -1.99. The molecule has 0 bridgehead atoms. The van der Waals surface area contributed by atoms with E-state index >= 15 is 0 Å². The first-order valence-corrected chi connectivity index (χ1v) is 10.6. The van der Waals surface area contributed by atoms with E-state index in [0.717, 1.165) is 39.7 Å². The number of halogens is 1. The predicted octanol–water partition coefficient (Wildman–Crippen LogP) is 4.35. The number of aryl methyl sites for hydroxylation is 4. The van der Waals surface area contributed by atoms with Gasteiger partial charge in [-0.2, -0.15) is 0 Å². The predicted molar refractivity (Wildman–Crippen MR) is 113 cm³/mol. The molecule has 0 atom stereocenters. The van der Waals surface area contributed by atoms with Gasteiger partial charge in [0, 0.05) is 9.35 Å². The summed E-state index contributed by atoms with van der Waals surface area (Å²) in [4.78, 5) is 32.4. The van der Waals surface area contributed by atoms with Crippen LogP contribution in [0.5, 0.6) is 0 Å². The van der Waals surface area contributed by atoms with Crippen molar-refractivity contribution in [3.8, 4) is 0 Å². The van der Waals surface area contributed by atoms with E-state index in [-0.39, 0.29) is 18.0 Å². The first-order valence-electron chi connectivity index (χ1n) is 9.01. The Labute approximate surface area is 169 Å². The Kier molecular flexibility index (Phi) is 4.90. The van der Waals surface area contributed by atoms with Gasteiger partial charge in [-0.05, 0) is 78.7 Å². The Balaban J connectivity index is 1.67. The molecule has 0 saturated heterocycles. The SMILES string of the molecule is Cc1ccc(NC(=O)Cn2c(C)nc3sc4c(c3c2=O)CCCC4)c(Br)c1. The fourth-order valence-electron chi connectivity index (χ4n) is 3.58. The highest BCUT2D eigenvalue weighted by Gasteiger charge is 2.22. The summed E-state index contributed by atoms with van der Waals surface area (Å²) in [5.41, 5.74) is 2.84. The van der Waals surface area contributed by atoms with Crippen molar-refractivity contribution in [1.29, 1.82) is 0 Å². The molecular formula is C20H20BrN3O2S. The van der Waals surface area contributed by atoms with E-state index in [1.807, 2.05) is 25.1 Å². The number of anilines is 1. The van der Waals surface area contributed by atoms with Gasteiger partial charge in [0.15, 0.2) is 0 Å². The van der Waals surface area contributed by atoms with Crippen LogP contribution in [0.3, 0.4) is 0 Å². The van der Waals surface area contributed by atoms with Crippen LogP contribution in [0.25, 0.3) is 10.2 Å². The van der Waals surface area contributed by atoms with Crippen LogP contribution < -0.4 is 10.9 Å². The van der Waals surface area contributed by atoms with Crippen LogP contribution in [-0.4, -0.2) is 15.5 Å². The molecule has 0 fully saturated rings. The fourth-order valence-corrected chi connectivity index (χ4v) is 5.47. The van der Waals surface area contributed by atoms with Gasteiger partial charge in [-0.3, -0.25) is 14.2 Å². The van der Waals surface area contributed by atoms with Gasteiger partial charge in [0.2, 0.25) is 5.91 Å². The Bertz CT molecular complexity index is 1120. The first kappa shape index (κ1) is 18.4. The van der Waals surface area contributed by atoms with E-state index in [1.54, 1.807) is 18.3 Å². The number of fused-ring (bicyclic) bond motifs is 3. The minimum absolute atomic E-state index is 0.0431. The van der Waals surface area contributed by atoms with Gasteiger partial charge in [0.05, 0.1) is 11.1 Å². The van der Waals surface area contributed by atoms with E-state index in [9.17, 15) is 9.59 Å². The maximum absolute atomic E-state index is 13.1. The summed E-state index contributed by atoms with van der Waals surface area (Å²) in [6, 6.07) is 5.73. The second-order valence-corrected chi connectivity index (χ2v) is 8.91. The van der Waals surface area contributed by atoms with Crippen LogP contribution in [0, 0.1) is 13.8 Å². The minimum atomic E-state index is -0.241. The maximum atomic E-state index is 13.1. The molecule has 7 heteroatoms. The molecule has 3 aromatic rings. The van der Waals surface area contributed by atoms with Gasteiger partial charge in [-0.25, -0.2) is 4.98 Å². The number of rotatable bonds is 3. The summed E-state index contributed by atoms with van der Waals surface area (Å²) < 4.78 is 2.31. The molecule has 0 aliphatic heterocycles. The second kappa shape index (κ2) is 7.20. The lowest BCUT2D eigenvalue weighted by Crippen LogP contribution is -2.30. The van der Waals surface area contributed by atoms with Crippen LogP contribution >= 0.6 is 27.3 Å². The number of carbonyl (C=O) groups is 1. The minimum Gasteiger partial charge on any atom is -0.324 e. The zero-order chi connectivity index (χ0) is 19.1. The average molecular weight is 446 g/mol. The number of thiophene rings is 1. The van der Waals surface area contributed by atoms with Crippen molar-refractivity contribution < 1.29 is 4.79 Å². The normalized spacial score (nSPS) is 13.6. The molecular weight excluding hydrogens is 426 g/mol. The lowest BCUT2D eigenvalue weighted by Gasteiger charge is -2.13. The van der Waals surface area contributed by atoms with Crippen molar-refractivity contribution in [2.45, 2.75) is 46.1 Å².